The van der Waals surface area contributed by atoms with E-state index in [-0.39, 0.29) is 0 Å². The maximum atomic E-state index is 12.0. The molecule has 0 fully saturated rings. The highest BCUT2D eigenvalue weighted by Crippen LogP contribution is 2.19. The van der Waals surface area contributed by atoms with Gasteiger partial charge in [0.1, 0.15) is 11.4 Å². The van der Waals surface area contributed by atoms with Crippen LogP contribution < -0.4 is 0 Å². The molecule has 0 atom stereocenters. The van der Waals surface area contributed by atoms with Crippen LogP contribution in [0.5, 0.6) is 0 Å². The van der Waals surface area contributed by atoms with E-state index in [2.05, 4.69) is 4.79 Å². The average Bonchev–Trinajstić information content (AvgIpc) is 2.15. The van der Waals surface area contributed by atoms with Crippen molar-refractivity contribution in [1.29, 1.82) is 0 Å². The molecule has 100 valence electrons. The molecule has 0 N–H and O–H groups in total. The molecule has 0 aliphatic rings. The summed E-state index contributed by atoms with van der Waals surface area (Å²) >= 11 is 0. The molecule has 0 aliphatic heterocycles. The number of rotatable bonds is 4. The number of nitrogens with zero attached hydrogens (tertiary/aromatic N) is 2. The zero-order valence-electron chi connectivity index (χ0n) is 11.5. The van der Waals surface area contributed by atoms with E-state index in [1.54, 1.807) is 20.8 Å². The summed E-state index contributed by atoms with van der Waals surface area (Å²) in [5.41, 5.74) is 5.73. The van der Waals surface area contributed by atoms with E-state index in [0.29, 0.717) is 0 Å². The first-order valence-corrected chi connectivity index (χ1v) is 5.44. The molecule has 0 aliphatic carbocycles. The lowest BCUT2D eigenvalue weighted by molar-refractivity contribution is -0.153. The normalized spacial score (nSPS) is 11.4. The summed E-state index contributed by atoms with van der Waals surface area (Å²) < 4.78 is 4.92. The van der Waals surface area contributed by atoms with Crippen LogP contribution in [0.3, 0.4) is 0 Å². The number of ether oxygens (including phenoxy) is 1. The Hall–Kier alpha value is -1.81. The molecule has 0 aromatic carbocycles. The Kier molecular flexibility index (Phi) is 4.70. The predicted molar refractivity (Wildman–Crippen MR) is 63.9 cm³/mol. The van der Waals surface area contributed by atoms with Gasteiger partial charge in [-0.15, -0.1) is 0 Å². The highest BCUT2D eigenvalue weighted by atomic mass is 16.6. The number of hydrogen-bond donors (Lipinski definition) is 0. The van der Waals surface area contributed by atoms with Crippen LogP contribution in [0.1, 0.15) is 41.5 Å². The molecule has 6 heteroatoms. The van der Waals surface area contributed by atoms with Crippen molar-refractivity contribution in [3.63, 3.8) is 0 Å². The molecular formula is C12H18N2O4. The van der Waals surface area contributed by atoms with Crippen LogP contribution >= 0.6 is 0 Å². The van der Waals surface area contributed by atoms with Crippen molar-refractivity contribution >= 4 is 23.2 Å². The minimum Gasteiger partial charge on any atom is -0.451 e. The van der Waals surface area contributed by atoms with E-state index in [9.17, 15) is 14.4 Å². The standard InChI is InChI=1S/C12H18N2O4/c1-7(15)12(5,6)9(16)8(14-13)10(17)18-11(2,3)4/h1-6H3. The van der Waals surface area contributed by atoms with Gasteiger partial charge >= 0.3 is 11.7 Å². The van der Waals surface area contributed by atoms with Crippen LogP contribution in [-0.4, -0.2) is 33.6 Å². The molecular weight excluding hydrogens is 236 g/mol. The fourth-order valence-corrected chi connectivity index (χ4v) is 0.961. The number of ketones is 2. The summed E-state index contributed by atoms with van der Waals surface area (Å²) in [6.07, 6.45) is 0. The quantitative estimate of drug-likeness (QED) is 0.247. The third kappa shape index (κ3) is 3.89. The van der Waals surface area contributed by atoms with Crippen LogP contribution in [0.4, 0.5) is 0 Å². The zero-order valence-corrected chi connectivity index (χ0v) is 11.5. The first-order valence-electron chi connectivity index (χ1n) is 5.44. The number of esters is 1. The minimum atomic E-state index is -1.43. The second-order valence-corrected chi connectivity index (χ2v) is 5.46. The summed E-state index contributed by atoms with van der Waals surface area (Å²) in [5.74, 6) is -2.35. The van der Waals surface area contributed by atoms with E-state index in [1.165, 1.54) is 20.8 Å². The van der Waals surface area contributed by atoms with Gasteiger partial charge in [-0.25, -0.2) is 4.79 Å². The SMILES string of the molecule is CC(=O)C(C)(C)C(=O)C(=[N+]=[N-])C(=O)OC(C)(C)C. The number of carbonyl (C=O) groups is 3. The highest BCUT2D eigenvalue weighted by Gasteiger charge is 2.45. The molecule has 0 aromatic rings. The lowest BCUT2D eigenvalue weighted by atomic mass is 9.82. The van der Waals surface area contributed by atoms with Crippen molar-refractivity contribution in [3.8, 4) is 0 Å². The lowest BCUT2D eigenvalue weighted by Gasteiger charge is -2.19. The Balaban J connectivity index is 5.28. The average molecular weight is 254 g/mol. The molecule has 0 radical (unpaired) electrons. The van der Waals surface area contributed by atoms with Crippen LogP contribution in [-0.2, 0) is 19.1 Å². The van der Waals surface area contributed by atoms with Gasteiger partial charge in [-0.05, 0) is 41.5 Å². The van der Waals surface area contributed by atoms with Gasteiger partial charge in [0.25, 0.3) is 5.78 Å². The first-order chi connectivity index (χ1) is 7.93. The van der Waals surface area contributed by atoms with Crippen LogP contribution in [0, 0.1) is 5.41 Å². The molecule has 0 saturated heterocycles. The third-order valence-electron chi connectivity index (χ3n) is 2.36. The van der Waals surface area contributed by atoms with Gasteiger partial charge in [0.15, 0.2) is 0 Å². The second-order valence-electron chi connectivity index (χ2n) is 5.46. The molecule has 0 heterocycles. The van der Waals surface area contributed by atoms with E-state index >= 15 is 0 Å². The Morgan fingerprint density at radius 2 is 1.50 bits per heavy atom. The molecule has 0 aromatic heterocycles. The second kappa shape index (κ2) is 5.23. The Labute approximate surface area is 106 Å². The van der Waals surface area contributed by atoms with Crippen molar-refractivity contribution in [3.05, 3.63) is 5.53 Å². The molecule has 0 bridgehead atoms. The van der Waals surface area contributed by atoms with Crippen molar-refractivity contribution in [2.24, 2.45) is 5.41 Å². The van der Waals surface area contributed by atoms with Crippen molar-refractivity contribution in [2.75, 3.05) is 0 Å². The van der Waals surface area contributed by atoms with Crippen molar-refractivity contribution < 1.29 is 23.9 Å². The molecule has 18 heavy (non-hydrogen) atoms. The van der Waals surface area contributed by atoms with Gasteiger partial charge < -0.3 is 10.3 Å². The molecule has 0 unspecified atom stereocenters. The van der Waals surface area contributed by atoms with Gasteiger partial charge in [-0.2, -0.15) is 4.79 Å². The van der Waals surface area contributed by atoms with Gasteiger partial charge in [0.2, 0.25) is 0 Å². The van der Waals surface area contributed by atoms with Crippen LogP contribution in [0.15, 0.2) is 0 Å². The van der Waals surface area contributed by atoms with Gasteiger partial charge in [-0.1, -0.05) is 0 Å². The maximum absolute atomic E-state index is 12.0. The molecule has 0 spiro atoms. The predicted octanol–water partition coefficient (Wildman–Crippen LogP) is 1.18. The van der Waals surface area contributed by atoms with E-state index in [4.69, 9.17) is 10.3 Å². The van der Waals surface area contributed by atoms with E-state index < -0.39 is 34.3 Å². The van der Waals surface area contributed by atoms with Gasteiger partial charge in [-0.3, -0.25) is 9.59 Å². The summed E-state index contributed by atoms with van der Waals surface area (Å²) in [6.45, 7) is 8.77. The van der Waals surface area contributed by atoms with Crippen LogP contribution in [0.2, 0.25) is 0 Å². The number of hydrogen-bond acceptors (Lipinski definition) is 4. The highest BCUT2D eigenvalue weighted by molar-refractivity contribution is 6.64. The molecule has 6 nitrogen and oxygen atoms in total. The minimum absolute atomic E-state index is 0.433. The van der Waals surface area contributed by atoms with Crippen molar-refractivity contribution in [1.82, 2.24) is 0 Å². The summed E-state index contributed by atoms with van der Waals surface area (Å²) in [5, 5.41) is 0. The van der Waals surface area contributed by atoms with Crippen LogP contribution in [0.25, 0.3) is 5.53 Å². The largest absolute Gasteiger partial charge is 0.451 e. The topological polar surface area (TPSA) is 96.8 Å². The van der Waals surface area contributed by atoms with Gasteiger partial charge in [0, 0.05) is 0 Å². The summed E-state index contributed by atoms with van der Waals surface area (Å²) in [4.78, 5) is 37.6. The maximum Gasteiger partial charge on any atom is 0.442 e. The summed E-state index contributed by atoms with van der Waals surface area (Å²) in [7, 11) is 0. The molecule has 0 rings (SSSR count). The Morgan fingerprint density at radius 1 is 1.06 bits per heavy atom. The molecule has 0 amide bonds. The van der Waals surface area contributed by atoms with E-state index in [1.807, 2.05) is 0 Å². The Morgan fingerprint density at radius 3 is 1.78 bits per heavy atom. The van der Waals surface area contributed by atoms with Crippen molar-refractivity contribution in [2.45, 2.75) is 47.1 Å². The zero-order chi connectivity index (χ0) is 14.7. The first kappa shape index (κ1) is 16.2. The lowest BCUT2D eigenvalue weighted by Crippen LogP contribution is -2.43. The third-order valence-corrected chi connectivity index (χ3v) is 2.36. The Bertz CT molecular complexity index is 437. The fraction of sp³-hybridized carbons (Fsp3) is 0.667. The smallest absolute Gasteiger partial charge is 0.442 e. The van der Waals surface area contributed by atoms with Gasteiger partial charge in [0.05, 0.1) is 5.41 Å². The number of carbonyl (C=O) groups excluding carboxylic acids is 3. The van der Waals surface area contributed by atoms with E-state index in [0.717, 1.165) is 0 Å². The number of Topliss-reactive ketones (excluding diaryl/α,β-unsaturated/α-hetero) is 2. The molecule has 0 saturated carbocycles. The summed E-state index contributed by atoms with van der Waals surface area (Å²) in [6, 6.07) is 0. The monoisotopic (exact) mass is 254 g/mol. The fourth-order valence-electron chi connectivity index (χ4n) is 0.961.